The molecule has 26 heavy (non-hydrogen) atoms. The smallest absolute Gasteiger partial charge is 0.302 e. The summed E-state index contributed by atoms with van der Waals surface area (Å²) in [6, 6.07) is 0. The van der Waals surface area contributed by atoms with Gasteiger partial charge in [0.1, 0.15) is 17.8 Å². The van der Waals surface area contributed by atoms with E-state index >= 15 is 0 Å². The molecule has 2 N–H and O–H groups in total. The van der Waals surface area contributed by atoms with Gasteiger partial charge in [-0.2, -0.15) is 0 Å². The van der Waals surface area contributed by atoms with Gasteiger partial charge in [-0.1, -0.05) is 6.92 Å². The number of carbonyl (C=O) groups is 1. The molecule has 2 aliphatic heterocycles. The number of esters is 1. The summed E-state index contributed by atoms with van der Waals surface area (Å²) in [5.74, 6) is -1.09. The SMILES string of the molecule is CC(=O)OC[C@@]1(CO)[C@@]23OC(C)(C)O[C@@H]2C[C@@H](C)[C@@]32CO[C@H](C2)[C@]1(C)O. The van der Waals surface area contributed by atoms with Crippen LogP contribution in [0.2, 0.25) is 0 Å². The molecule has 2 bridgehead atoms. The van der Waals surface area contributed by atoms with Gasteiger partial charge in [0.2, 0.25) is 0 Å². The van der Waals surface area contributed by atoms with Gasteiger partial charge < -0.3 is 29.2 Å². The van der Waals surface area contributed by atoms with Crippen LogP contribution in [0.4, 0.5) is 0 Å². The summed E-state index contributed by atoms with van der Waals surface area (Å²) in [4.78, 5) is 11.6. The van der Waals surface area contributed by atoms with Crippen molar-refractivity contribution in [2.24, 2.45) is 16.7 Å². The van der Waals surface area contributed by atoms with E-state index < -0.39 is 46.5 Å². The van der Waals surface area contributed by atoms with E-state index in [-0.39, 0.29) is 18.6 Å². The van der Waals surface area contributed by atoms with Gasteiger partial charge in [0.05, 0.1) is 30.8 Å². The van der Waals surface area contributed by atoms with Crippen molar-refractivity contribution in [3.8, 4) is 0 Å². The van der Waals surface area contributed by atoms with Gasteiger partial charge in [-0.05, 0) is 39.5 Å². The van der Waals surface area contributed by atoms with Crippen LogP contribution >= 0.6 is 0 Å². The summed E-state index contributed by atoms with van der Waals surface area (Å²) in [5, 5.41) is 22.3. The normalized spacial score (nSPS) is 54.0. The molecule has 2 spiro atoms. The van der Waals surface area contributed by atoms with E-state index in [9.17, 15) is 15.0 Å². The molecule has 0 radical (unpaired) electrons. The molecule has 7 heteroatoms. The Kier molecular flexibility index (Phi) is 3.73. The second-order valence-electron chi connectivity index (χ2n) is 9.31. The first-order chi connectivity index (χ1) is 12.0. The van der Waals surface area contributed by atoms with Crippen LogP contribution in [0.1, 0.15) is 47.5 Å². The van der Waals surface area contributed by atoms with E-state index in [0.717, 1.165) is 6.42 Å². The molecule has 0 aromatic carbocycles. The van der Waals surface area contributed by atoms with Gasteiger partial charge in [-0.3, -0.25) is 4.79 Å². The quantitative estimate of drug-likeness (QED) is 0.716. The van der Waals surface area contributed by atoms with Gasteiger partial charge >= 0.3 is 5.97 Å². The van der Waals surface area contributed by atoms with Crippen molar-refractivity contribution in [2.75, 3.05) is 19.8 Å². The van der Waals surface area contributed by atoms with Gasteiger partial charge in [0.15, 0.2) is 5.79 Å². The molecule has 4 fully saturated rings. The van der Waals surface area contributed by atoms with Crippen molar-refractivity contribution < 1.29 is 34.0 Å². The highest BCUT2D eigenvalue weighted by Gasteiger charge is 2.86. The van der Waals surface area contributed by atoms with Crippen molar-refractivity contribution in [1.29, 1.82) is 0 Å². The standard InChI is InChI=1S/C19H30O7/c1-11-6-13-19(26-15(3,4)25-13)17(11)7-14(24-9-17)16(5,22)18(19,8-20)10-23-12(2)21/h11,13-14,20,22H,6-10H2,1-5H3/t11-,13-,14-,16+,17-,18-,19-/m1/s1. The van der Waals surface area contributed by atoms with Crippen molar-refractivity contribution >= 4 is 5.97 Å². The summed E-state index contributed by atoms with van der Waals surface area (Å²) < 4.78 is 24.3. The molecule has 4 aliphatic rings. The number of ether oxygens (including phenoxy) is 4. The minimum Gasteiger partial charge on any atom is -0.465 e. The average molecular weight is 370 g/mol. The Bertz CT molecular complexity index is 631. The molecule has 2 saturated carbocycles. The molecule has 2 saturated heterocycles. The molecule has 0 aromatic heterocycles. The predicted octanol–water partition coefficient (Wildman–Crippen LogP) is 0.998. The molecule has 0 amide bonds. The number of carbonyl (C=O) groups excluding carboxylic acids is 1. The van der Waals surface area contributed by atoms with Gasteiger partial charge in [-0.15, -0.1) is 0 Å². The molecule has 0 unspecified atom stereocenters. The molecule has 2 aliphatic carbocycles. The third-order valence-corrected chi connectivity index (χ3v) is 7.73. The van der Waals surface area contributed by atoms with Crippen molar-refractivity contribution in [2.45, 2.75) is 76.7 Å². The zero-order chi connectivity index (χ0) is 19.2. The lowest BCUT2D eigenvalue weighted by Gasteiger charge is -2.62. The Morgan fingerprint density at radius 2 is 1.96 bits per heavy atom. The fourth-order valence-corrected chi connectivity index (χ4v) is 6.48. The maximum Gasteiger partial charge on any atom is 0.302 e. The van der Waals surface area contributed by atoms with Crippen LogP contribution in [-0.2, 0) is 23.7 Å². The Balaban J connectivity index is 1.96. The Hall–Kier alpha value is -0.730. The second-order valence-corrected chi connectivity index (χ2v) is 9.31. The van der Waals surface area contributed by atoms with Crippen LogP contribution in [0.5, 0.6) is 0 Å². The third kappa shape index (κ3) is 1.84. The maximum absolute atomic E-state index is 11.6. The van der Waals surface area contributed by atoms with Crippen LogP contribution in [0, 0.1) is 16.7 Å². The first-order valence-electron chi connectivity index (χ1n) is 9.44. The molecule has 0 aromatic rings. The molecule has 4 rings (SSSR count). The fourth-order valence-electron chi connectivity index (χ4n) is 6.48. The summed E-state index contributed by atoms with van der Waals surface area (Å²) in [6.07, 6.45) is 0.616. The van der Waals surface area contributed by atoms with Crippen LogP contribution < -0.4 is 0 Å². The van der Waals surface area contributed by atoms with Gasteiger partial charge in [0, 0.05) is 12.3 Å². The topological polar surface area (TPSA) is 94.5 Å². The van der Waals surface area contributed by atoms with E-state index in [1.165, 1.54) is 6.92 Å². The molecule has 7 nitrogen and oxygen atoms in total. The van der Waals surface area contributed by atoms with Crippen LogP contribution in [0.25, 0.3) is 0 Å². The Labute approximate surface area is 153 Å². The van der Waals surface area contributed by atoms with Crippen molar-refractivity contribution in [1.82, 2.24) is 0 Å². The van der Waals surface area contributed by atoms with E-state index in [4.69, 9.17) is 18.9 Å². The van der Waals surface area contributed by atoms with Crippen molar-refractivity contribution in [3.63, 3.8) is 0 Å². The number of aliphatic hydroxyl groups is 2. The number of aliphatic hydroxyl groups excluding tert-OH is 1. The van der Waals surface area contributed by atoms with E-state index in [0.29, 0.717) is 13.0 Å². The molecule has 2 heterocycles. The highest BCUT2D eigenvalue weighted by Crippen LogP contribution is 2.74. The van der Waals surface area contributed by atoms with Crippen LogP contribution in [0.15, 0.2) is 0 Å². The zero-order valence-electron chi connectivity index (χ0n) is 16.2. The molecular formula is C19H30O7. The molecule has 7 atom stereocenters. The molecular weight excluding hydrogens is 340 g/mol. The number of hydrogen-bond acceptors (Lipinski definition) is 7. The first-order valence-corrected chi connectivity index (χ1v) is 9.44. The number of hydrogen-bond donors (Lipinski definition) is 2. The Morgan fingerprint density at radius 1 is 1.27 bits per heavy atom. The fraction of sp³-hybridized carbons (Fsp3) is 0.947. The lowest BCUT2D eigenvalue weighted by Crippen LogP contribution is -2.77. The van der Waals surface area contributed by atoms with Gasteiger partial charge in [-0.25, -0.2) is 0 Å². The minimum atomic E-state index is -1.44. The molecule has 148 valence electrons. The highest BCUT2D eigenvalue weighted by atomic mass is 16.8. The summed E-state index contributed by atoms with van der Waals surface area (Å²) in [5.41, 5.74) is -4.08. The lowest BCUT2D eigenvalue weighted by atomic mass is 9.46. The predicted molar refractivity (Wildman–Crippen MR) is 90.1 cm³/mol. The highest BCUT2D eigenvalue weighted by molar-refractivity contribution is 5.66. The Morgan fingerprint density at radius 3 is 2.58 bits per heavy atom. The van der Waals surface area contributed by atoms with E-state index in [2.05, 4.69) is 6.92 Å². The third-order valence-electron chi connectivity index (χ3n) is 7.73. The monoisotopic (exact) mass is 370 g/mol. The van der Waals surface area contributed by atoms with Crippen molar-refractivity contribution in [3.05, 3.63) is 0 Å². The van der Waals surface area contributed by atoms with E-state index in [1.54, 1.807) is 6.92 Å². The maximum atomic E-state index is 11.6. The summed E-state index contributed by atoms with van der Waals surface area (Å²) >= 11 is 0. The zero-order valence-corrected chi connectivity index (χ0v) is 16.2. The summed E-state index contributed by atoms with van der Waals surface area (Å²) in [7, 11) is 0. The van der Waals surface area contributed by atoms with Crippen LogP contribution in [-0.4, -0.2) is 65.2 Å². The number of rotatable bonds is 3. The average Bonchev–Trinajstić information content (AvgIpc) is 3.13. The van der Waals surface area contributed by atoms with E-state index in [1.807, 2.05) is 13.8 Å². The largest absolute Gasteiger partial charge is 0.465 e. The lowest BCUT2D eigenvalue weighted by molar-refractivity contribution is -0.312. The summed E-state index contributed by atoms with van der Waals surface area (Å²) in [6.45, 7) is 8.74. The van der Waals surface area contributed by atoms with Crippen LogP contribution in [0.3, 0.4) is 0 Å². The number of fused-ring (bicyclic) bond motifs is 1. The van der Waals surface area contributed by atoms with Gasteiger partial charge in [0.25, 0.3) is 0 Å². The first kappa shape index (κ1) is 18.6. The second kappa shape index (κ2) is 5.20. The minimum absolute atomic E-state index is 0.143.